The fraction of sp³-hybridized carbons (Fsp3) is 0.167. The maximum Gasteiger partial charge on any atom is 0.130 e. The highest BCUT2D eigenvalue weighted by atomic mass is 35.5. The highest BCUT2D eigenvalue weighted by Gasteiger charge is 1.96. The normalized spacial score (nSPS) is 9.56. The van der Waals surface area contributed by atoms with Crippen LogP contribution < -0.4 is 0 Å². The summed E-state index contributed by atoms with van der Waals surface area (Å²) in [5, 5.41) is 0. The molecule has 0 radical (unpaired) electrons. The molecule has 1 rings (SSSR count). The third-order valence-corrected chi connectivity index (χ3v) is 1.28. The number of hydrogen-bond acceptors (Lipinski definition) is 1. The predicted molar refractivity (Wildman–Crippen MR) is 33.8 cm³/mol. The summed E-state index contributed by atoms with van der Waals surface area (Å²) in [5.74, 6) is -0.111. The fourth-order valence-corrected chi connectivity index (χ4v) is 0.705. The molecule has 0 saturated carbocycles. The van der Waals surface area contributed by atoms with Crippen LogP contribution in [0.4, 0.5) is 4.39 Å². The van der Waals surface area contributed by atoms with E-state index in [-0.39, 0.29) is 11.7 Å². The van der Waals surface area contributed by atoms with Crippen LogP contribution >= 0.6 is 11.6 Å². The number of alkyl halides is 1. The molecule has 0 N–H and O–H groups in total. The van der Waals surface area contributed by atoms with Crippen molar-refractivity contribution in [1.82, 2.24) is 4.98 Å². The predicted octanol–water partition coefficient (Wildman–Crippen LogP) is 1.96. The van der Waals surface area contributed by atoms with Gasteiger partial charge >= 0.3 is 0 Å². The van der Waals surface area contributed by atoms with Gasteiger partial charge in [-0.25, -0.2) is 4.39 Å². The zero-order chi connectivity index (χ0) is 6.69. The lowest BCUT2D eigenvalue weighted by atomic mass is 10.3. The van der Waals surface area contributed by atoms with Crippen LogP contribution in [0.25, 0.3) is 0 Å². The largest absolute Gasteiger partial charge is 0.264 e. The Morgan fingerprint density at radius 3 is 2.89 bits per heavy atom. The topological polar surface area (TPSA) is 12.9 Å². The van der Waals surface area contributed by atoms with Crippen molar-refractivity contribution in [3.8, 4) is 0 Å². The third kappa shape index (κ3) is 1.39. The molecule has 0 amide bonds. The first-order chi connectivity index (χ1) is 4.34. The Balaban J connectivity index is 3.01. The van der Waals surface area contributed by atoms with Gasteiger partial charge in [-0.15, -0.1) is 11.6 Å². The van der Waals surface area contributed by atoms with E-state index in [4.69, 9.17) is 11.6 Å². The number of pyridine rings is 1. The minimum absolute atomic E-state index is 0.180. The first kappa shape index (κ1) is 6.49. The molecule has 48 valence electrons. The molecule has 3 heteroatoms. The van der Waals surface area contributed by atoms with Crippen LogP contribution in [0.1, 0.15) is 5.56 Å². The Morgan fingerprint density at radius 1 is 1.67 bits per heavy atom. The number of rotatable bonds is 1. The van der Waals surface area contributed by atoms with Crippen molar-refractivity contribution in [2.24, 2.45) is 0 Å². The van der Waals surface area contributed by atoms with Gasteiger partial charge < -0.3 is 0 Å². The zero-order valence-electron chi connectivity index (χ0n) is 4.64. The molecular formula is C6H5ClFN. The van der Waals surface area contributed by atoms with E-state index in [1.165, 1.54) is 18.5 Å². The van der Waals surface area contributed by atoms with E-state index < -0.39 is 0 Å². The number of nitrogens with zero attached hydrogens (tertiary/aromatic N) is 1. The van der Waals surface area contributed by atoms with E-state index in [0.717, 1.165) is 0 Å². The zero-order valence-corrected chi connectivity index (χ0v) is 5.40. The van der Waals surface area contributed by atoms with Gasteiger partial charge in [0.05, 0.1) is 5.88 Å². The molecule has 0 aliphatic heterocycles. The van der Waals surface area contributed by atoms with E-state index in [1.54, 1.807) is 0 Å². The summed E-state index contributed by atoms with van der Waals surface area (Å²) in [6.45, 7) is 0. The molecule has 0 saturated heterocycles. The minimum atomic E-state index is -0.292. The molecular weight excluding hydrogens is 141 g/mol. The second-order valence-electron chi connectivity index (χ2n) is 1.60. The van der Waals surface area contributed by atoms with Crippen LogP contribution in [0.2, 0.25) is 0 Å². The SMILES string of the molecule is Fc1ccncc1CCl. The smallest absolute Gasteiger partial charge is 0.130 e. The molecule has 0 spiro atoms. The Labute approximate surface area is 57.5 Å². The maximum atomic E-state index is 12.5. The Morgan fingerprint density at radius 2 is 2.44 bits per heavy atom. The van der Waals surface area contributed by atoms with Gasteiger partial charge in [-0.1, -0.05) is 0 Å². The lowest BCUT2D eigenvalue weighted by molar-refractivity contribution is 0.614. The first-order valence-electron chi connectivity index (χ1n) is 2.49. The van der Waals surface area contributed by atoms with Gasteiger partial charge in [0.2, 0.25) is 0 Å². The molecule has 1 aromatic rings. The molecule has 0 fully saturated rings. The number of aromatic nitrogens is 1. The van der Waals surface area contributed by atoms with Crippen LogP contribution in [0.3, 0.4) is 0 Å². The Kier molecular flexibility index (Phi) is 2.01. The van der Waals surface area contributed by atoms with Crippen LogP contribution in [0.15, 0.2) is 18.5 Å². The minimum Gasteiger partial charge on any atom is -0.264 e. The number of halogens is 2. The molecule has 0 aromatic carbocycles. The van der Waals surface area contributed by atoms with Crippen molar-refractivity contribution in [3.05, 3.63) is 29.8 Å². The third-order valence-electron chi connectivity index (χ3n) is 0.988. The molecule has 1 aromatic heterocycles. The maximum absolute atomic E-state index is 12.5. The van der Waals surface area contributed by atoms with Crippen molar-refractivity contribution >= 4 is 11.6 Å². The average Bonchev–Trinajstić information content (AvgIpc) is 1.89. The van der Waals surface area contributed by atoms with E-state index in [9.17, 15) is 4.39 Å². The van der Waals surface area contributed by atoms with Crippen molar-refractivity contribution in [2.75, 3.05) is 0 Å². The monoisotopic (exact) mass is 145 g/mol. The summed E-state index contributed by atoms with van der Waals surface area (Å²) in [7, 11) is 0. The Bertz CT molecular complexity index is 202. The van der Waals surface area contributed by atoms with Crippen LogP contribution in [-0.4, -0.2) is 4.98 Å². The summed E-state index contributed by atoms with van der Waals surface area (Å²) >= 11 is 5.35. The second kappa shape index (κ2) is 2.78. The average molecular weight is 146 g/mol. The quantitative estimate of drug-likeness (QED) is 0.551. The van der Waals surface area contributed by atoms with Crippen LogP contribution in [0.5, 0.6) is 0 Å². The molecule has 0 bridgehead atoms. The van der Waals surface area contributed by atoms with Crippen molar-refractivity contribution in [1.29, 1.82) is 0 Å². The fourth-order valence-electron chi connectivity index (χ4n) is 0.509. The summed E-state index contributed by atoms with van der Waals surface area (Å²) in [5.41, 5.74) is 0.444. The van der Waals surface area contributed by atoms with Gasteiger partial charge in [-0.3, -0.25) is 4.98 Å². The lowest BCUT2D eigenvalue weighted by Crippen LogP contribution is -1.85. The summed E-state index contributed by atoms with van der Waals surface area (Å²) < 4.78 is 12.5. The highest BCUT2D eigenvalue weighted by molar-refractivity contribution is 6.17. The van der Waals surface area contributed by atoms with E-state index >= 15 is 0 Å². The van der Waals surface area contributed by atoms with Crippen molar-refractivity contribution in [3.63, 3.8) is 0 Å². The van der Waals surface area contributed by atoms with Gasteiger partial charge in [0.1, 0.15) is 5.82 Å². The van der Waals surface area contributed by atoms with E-state index in [2.05, 4.69) is 4.98 Å². The van der Waals surface area contributed by atoms with Gasteiger partial charge in [-0.05, 0) is 6.07 Å². The second-order valence-corrected chi connectivity index (χ2v) is 1.87. The van der Waals surface area contributed by atoms with Gasteiger partial charge in [-0.2, -0.15) is 0 Å². The van der Waals surface area contributed by atoms with Gasteiger partial charge in [0.25, 0.3) is 0 Å². The summed E-state index contributed by atoms with van der Waals surface area (Å²) in [4.78, 5) is 3.69. The first-order valence-corrected chi connectivity index (χ1v) is 3.02. The molecule has 0 aliphatic carbocycles. The molecule has 1 nitrogen and oxygen atoms in total. The van der Waals surface area contributed by atoms with Crippen LogP contribution in [-0.2, 0) is 5.88 Å². The standard InChI is InChI=1S/C6H5ClFN/c7-3-5-4-9-2-1-6(5)8/h1-2,4H,3H2. The highest BCUT2D eigenvalue weighted by Crippen LogP contribution is 2.05. The molecule has 9 heavy (non-hydrogen) atoms. The van der Waals surface area contributed by atoms with Crippen molar-refractivity contribution < 1.29 is 4.39 Å². The van der Waals surface area contributed by atoms with Crippen molar-refractivity contribution in [2.45, 2.75) is 5.88 Å². The van der Waals surface area contributed by atoms with Crippen LogP contribution in [0, 0.1) is 5.82 Å². The Hall–Kier alpha value is -0.630. The van der Waals surface area contributed by atoms with E-state index in [1.807, 2.05) is 0 Å². The number of hydrogen-bond donors (Lipinski definition) is 0. The van der Waals surface area contributed by atoms with E-state index in [0.29, 0.717) is 5.56 Å². The molecule has 0 aliphatic rings. The molecule has 1 heterocycles. The lowest BCUT2D eigenvalue weighted by Gasteiger charge is -1.92. The van der Waals surface area contributed by atoms with Gasteiger partial charge in [0.15, 0.2) is 0 Å². The van der Waals surface area contributed by atoms with Gasteiger partial charge in [0, 0.05) is 18.0 Å². The summed E-state index contributed by atoms with van der Waals surface area (Å²) in [6.07, 6.45) is 2.81. The molecule has 0 unspecified atom stereocenters. The summed E-state index contributed by atoms with van der Waals surface area (Å²) in [6, 6.07) is 1.29. The molecule has 0 atom stereocenters.